The van der Waals surface area contributed by atoms with Gasteiger partial charge in [0.1, 0.15) is 0 Å². The average Bonchev–Trinajstić information content (AvgIpc) is 1.83. The zero-order valence-electron chi connectivity index (χ0n) is 6.35. The lowest BCUT2D eigenvalue weighted by molar-refractivity contribution is -0.112. The van der Waals surface area contributed by atoms with Gasteiger partial charge < -0.3 is 0 Å². The summed E-state index contributed by atoms with van der Waals surface area (Å²) >= 11 is 0. The Hall–Kier alpha value is -0.590. The van der Waals surface area contributed by atoms with E-state index in [1.807, 2.05) is 6.08 Å². The van der Waals surface area contributed by atoms with Crippen molar-refractivity contribution < 1.29 is 4.79 Å². The smallest absolute Gasteiger partial charge is 0.152 e. The quantitative estimate of drug-likeness (QED) is 0.530. The van der Waals surface area contributed by atoms with Crippen LogP contribution in [0.3, 0.4) is 0 Å². The maximum atomic E-state index is 10.4. The van der Waals surface area contributed by atoms with E-state index in [0.717, 1.165) is 6.42 Å². The minimum Gasteiger partial charge on any atom is -0.295 e. The van der Waals surface area contributed by atoms with Gasteiger partial charge >= 0.3 is 0 Å². The van der Waals surface area contributed by atoms with Crippen LogP contribution in [0.15, 0.2) is 12.2 Å². The molecule has 0 aromatic rings. The maximum absolute atomic E-state index is 10.4. The Balaban J connectivity index is 3.56. The first-order valence-electron chi connectivity index (χ1n) is 3.35. The third kappa shape index (κ3) is 5.28. The van der Waals surface area contributed by atoms with Gasteiger partial charge in [-0.3, -0.25) is 4.79 Å². The van der Waals surface area contributed by atoms with Crippen molar-refractivity contribution in [3.05, 3.63) is 12.2 Å². The second-order valence-electron chi connectivity index (χ2n) is 2.36. The minimum atomic E-state index is 0.135. The molecule has 0 aromatic carbocycles. The molecule has 0 saturated carbocycles. The van der Waals surface area contributed by atoms with Crippen molar-refractivity contribution in [1.29, 1.82) is 0 Å². The number of rotatable bonds is 3. The third-order valence-corrected chi connectivity index (χ3v) is 1.30. The van der Waals surface area contributed by atoms with Gasteiger partial charge in [-0.2, -0.15) is 0 Å². The van der Waals surface area contributed by atoms with Gasteiger partial charge in [-0.15, -0.1) is 0 Å². The molecule has 0 heterocycles. The maximum Gasteiger partial charge on any atom is 0.152 e. The van der Waals surface area contributed by atoms with Crippen molar-refractivity contribution in [2.24, 2.45) is 5.92 Å². The molecule has 0 radical (unpaired) electrons. The summed E-state index contributed by atoms with van der Waals surface area (Å²) in [5.74, 6) is 0.671. The predicted octanol–water partition coefficient (Wildman–Crippen LogP) is 2.18. The van der Waals surface area contributed by atoms with Crippen molar-refractivity contribution in [3.63, 3.8) is 0 Å². The summed E-state index contributed by atoms with van der Waals surface area (Å²) in [6.07, 6.45) is 4.68. The first kappa shape index (κ1) is 8.41. The lowest BCUT2D eigenvalue weighted by Crippen LogP contribution is -1.87. The zero-order valence-corrected chi connectivity index (χ0v) is 6.35. The fourth-order valence-electron chi connectivity index (χ4n) is 0.436. The average molecular weight is 126 g/mol. The SMILES string of the molecule is CCC(C)/C=C/C(C)=O. The summed E-state index contributed by atoms with van der Waals surface area (Å²) in [6, 6.07) is 0. The molecular weight excluding hydrogens is 112 g/mol. The highest BCUT2D eigenvalue weighted by Crippen LogP contribution is 2.00. The molecule has 0 rings (SSSR count). The van der Waals surface area contributed by atoms with E-state index in [4.69, 9.17) is 0 Å². The molecule has 0 N–H and O–H groups in total. The Morgan fingerprint density at radius 2 is 2.22 bits per heavy atom. The van der Waals surface area contributed by atoms with Crippen molar-refractivity contribution in [1.82, 2.24) is 0 Å². The van der Waals surface area contributed by atoms with Gasteiger partial charge in [0.15, 0.2) is 5.78 Å². The second kappa shape index (κ2) is 4.30. The van der Waals surface area contributed by atoms with Crippen molar-refractivity contribution in [2.75, 3.05) is 0 Å². The first-order valence-corrected chi connectivity index (χ1v) is 3.35. The molecule has 52 valence electrons. The normalized spacial score (nSPS) is 14.1. The summed E-state index contributed by atoms with van der Waals surface area (Å²) in [5, 5.41) is 0. The number of carbonyl (C=O) groups is 1. The van der Waals surface area contributed by atoms with Crippen molar-refractivity contribution >= 4 is 5.78 Å². The van der Waals surface area contributed by atoms with Crippen molar-refractivity contribution in [3.8, 4) is 0 Å². The molecule has 0 aliphatic carbocycles. The lowest BCUT2D eigenvalue weighted by Gasteiger charge is -1.96. The van der Waals surface area contributed by atoms with Crippen LogP contribution in [0.1, 0.15) is 27.2 Å². The predicted molar refractivity (Wildman–Crippen MR) is 39.3 cm³/mol. The molecule has 9 heavy (non-hydrogen) atoms. The van der Waals surface area contributed by atoms with Gasteiger partial charge in [0, 0.05) is 0 Å². The summed E-state index contributed by atoms with van der Waals surface area (Å²) in [4.78, 5) is 10.4. The molecule has 0 saturated heterocycles. The molecule has 0 bridgehead atoms. The van der Waals surface area contributed by atoms with E-state index < -0.39 is 0 Å². The fourth-order valence-corrected chi connectivity index (χ4v) is 0.436. The number of hydrogen-bond acceptors (Lipinski definition) is 1. The Labute approximate surface area is 56.8 Å². The van der Waals surface area contributed by atoms with Gasteiger partial charge in [0.05, 0.1) is 0 Å². The summed E-state index contributed by atoms with van der Waals surface area (Å²) in [5.41, 5.74) is 0. The Bertz CT molecular complexity index is 114. The Kier molecular flexibility index (Phi) is 4.02. The number of carbonyl (C=O) groups excluding carboxylic acids is 1. The van der Waals surface area contributed by atoms with Gasteiger partial charge in [-0.05, 0) is 18.9 Å². The van der Waals surface area contributed by atoms with E-state index in [1.54, 1.807) is 13.0 Å². The van der Waals surface area contributed by atoms with Crippen LogP contribution in [0.5, 0.6) is 0 Å². The summed E-state index contributed by atoms with van der Waals surface area (Å²) in [7, 11) is 0. The largest absolute Gasteiger partial charge is 0.295 e. The van der Waals surface area contributed by atoms with Gasteiger partial charge in [0.2, 0.25) is 0 Å². The molecule has 0 aliphatic rings. The van der Waals surface area contributed by atoms with Crippen LogP contribution >= 0.6 is 0 Å². The highest BCUT2D eigenvalue weighted by Gasteiger charge is 1.90. The monoisotopic (exact) mass is 126 g/mol. The number of hydrogen-bond donors (Lipinski definition) is 0. The summed E-state index contributed by atoms with van der Waals surface area (Å²) in [6.45, 7) is 5.77. The molecule has 0 aliphatic heterocycles. The summed E-state index contributed by atoms with van der Waals surface area (Å²) < 4.78 is 0. The van der Waals surface area contributed by atoms with Gasteiger partial charge in [0.25, 0.3) is 0 Å². The molecule has 1 heteroatoms. The van der Waals surface area contributed by atoms with E-state index in [2.05, 4.69) is 13.8 Å². The highest BCUT2D eigenvalue weighted by atomic mass is 16.1. The van der Waals surface area contributed by atoms with E-state index >= 15 is 0 Å². The molecule has 0 aromatic heterocycles. The van der Waals surface area contributed by atoms with Gasteiger partial charge in [-0.1, -0.05) is 26.3 Å². The molecular formula is C8H14O. The molecule has 1 atom stereocenters. The molecule has 0 fully saturated rings. The number of allylic oxidation sites excluding steroid dienone is 2. The van der Waals surface area contributed by atoms with Crippen LogP contribution < -0.4 is 0 Å². The van der Waals surface area contributed by atoms with Crippen LogP contribution in [0.25, 0.3) is 0 Å². The van der Waals surface area contributed by atoms with Gasteiger partial charge in [-0.25, -0.2) is 0 Å². The van der Waals surface area contributed by atoms with Crippen LogP contribution in [0.2, 0.25) is 0 Å². The fraction of sp³-hybridized carbons (Fsp3) is 0.625. The van der Waals surface area contributed by atoms with E-state index in [0.29, 0.717) is 5.92 Å². The zero-order chi connectivity index (χ0) is 7.28. The van der Waals surface area contributed by atoms with Crippen LogP contribution in [0, 0.1) is 5.92 Å². The van der Waals surface area contributed by atoms with Crippen LogP contribution in [-0.4, -0.2) is 5.78 Å². The number of ketones is 1. The molecule has 0 amide bonds. The first-order chi connectivity index (χ1) is 4.16. The van der Waals surface area contributed by atoms with E-state index in [1.165, 1.54) is 0 Å². The van der Waals surface area contributed by atoms with Crippen molar-refractivity contribution in [2.45, 2.75) is 27.2 Å². The lowest BCUT2D eigenvalue weighted by atomic mass is 10.1. The topological polar surface area (TPSA) is 17.1 Å². The Morgan fingerprint density at radius 3 is 2.56 bits per heavy atom. The second-order valence-corrected chi connectivity index (χ2v) is 2.36. The Morgan fingerprint density at radius 1 is 1.67 bits per heavy atom. The molecule has 1 nitrogen and oxygen atoms in total. The standard InChI is InChI=1S/C8H14O/c1-4-7(2)5-6-8(3)9/h5-7H,4H2,1-3H3/b6-5+. The highest BCUT2D eigenvalue weighted by molar-refractivity contribution is 5.87. The van der Waals surface area contributed by atoms with Crippen LogP contribution in [0.4, 0.5) is 0 Å². The minimum absolute atomic E-state index is 0.135. The van der Waals surface area contributed by atoms with E-state index in [9.17, 15) is 4.79 Å². The van der Waals surface area contributed by atoms with E-state index in [-0.39, 0.29) is 5.78 Å². The molecule has 1 unspecified atom stereocenters. The van der Waals surface area contributed by atoms with Crippen LogP contribution in [-0.2, 0) is 4.79 Å². The third-order valence-electron chi connectivity index (χ3n) is 1.30. The molecule has 0 spiro atoms.